The lowest BCUT2D eigenvalue weighted by Crippen LogP contribution is -2.33. The molecule has 0 bridgehead atoms. The third-order valence-corrected chi connectivity index (χ3v) is 6.50. The Morgan fingerprint density at radius 1 is 1.03 bits per heavy atom. The second-order valence-corrected chi connectivity index (χ2v) is 9.15. The van der Waals surface area contributed by atoms with Gasteiger partial charge in [0.25, 0.3) is 11.5 Å². The number of aromatic nitrogens is 6. The predicted molar refractivity (Wildman–Crippen MR) is 148 cm³/mol. The number of rotatable bonds is 4. The molecule has 6 aromatic rings. The second kappa shape index (κ2) is 9.39. The molecule has 0 saturated heterocycles. The van der Waals surface area contributed by atoms with Crippen LogP contribution in [0.5, 0.6) is 0 Å². The van der Waals surface area contributed by atoms with Crippen molar-refractivity contribution in [3.8, 4) is 17.5 Å². The summed E-state index contributed by atoms with van der Waals surface area (Å²) in [5.41, 5.74) is 9.75. The van der Waals surface area contributed by atoms with Crippen LogP contribution in [0.3, 0.4) is 0 Å². The van der Waals surface area contributed by atoms with E-state index >= 15 is 0 Å². The highest BCUT2D eigenvalue weighted by molar-refractivity contribution is 6.05. The van der Waals surface area contributed by atoms with Crippen molar-refractivity contribution in [3.05, 3.63) is 118 Å². The average Bonchev–Trinajstić information content (AvgIpc) is 3.63. The van der Waals surface area contributed by atoms with Crippen LogP contribution in [0.4, 0.5) is 5.82 Å². The number of amides is 1. The van der Waals surface area contributed by atoms with Gasteiger partial charge in [0, 0.05) is 37.5 Å². The number of carbonyl (C=O) groups excluding carboxylic acids is 1. The van der Waals surface area contributed by atoms with Crippen LogP contribution in [0.25, 0.3) is 16.7 Å². The summed E-state index contributed by atoms with van der Waals surface area (Å²) in [4.78, 5) is 27.4. The number of aryl methyl sites for hydroxylation is 1. The van der Waals surface area contributed by atoms with Crippen LogP contribution in [0.1, 0.15) is 40.1 Å². The fourth-order valence-electron chi connectivity index (χ4n) is 4.67. The fourth-order valence-corrected chi connectivity index (χ4v) is 4.67. The number of nitrogens with one attached hydrogen (secondary N) is 1. The minimum atomic E-state index is -0.555. The Labute approximate surface area is 222 Å². The number of fused-ring (bicyclic) bond motifs is 2. The lowest BCUT2D eigenvalue weighted by molar-refractivity contribution is 0.0941. The number of carbonyl (C=O) groups is 1. The standard InChI is InChI=1S/C29H24N8O2/c1-19(32-28(38)25-23-10-6-7-14-36(23)33-27(25)30)24-18-35-15-13-21(12-11-20-16-31-34(2)17-20)26(35)29(39)37(24)22-8-4-3-5-9-22/h3-10,13-19H,1-2H3,(H2,30,33)(H,32,38)/t19-/m0/s1. The first-order valence-corrected chi connectivity index (χ1v) is 12.3. The van der Waals surface area contributed by atoms with Gasteiger partial charge in [-0.3, -0.25) is 18.8 Å². The van der Waals surface area contributed by atoms with E-state index in [1.165, 1.54) is 0 Å². The van der Waals surface area contributed by atoms with Crippen LogP contribution in [-0.4, -0.2) is 34.3 Å². The van der Waals surface area contributed by atoms with Crippen LogP contribution in [0, 0.1) is 11.8 Å². The van der Waals surface area contributed by atoms with E-state index in [0.717, 1.165) is 5.56 Å². The Morgan fingerprint density at radius 2 is 1.82 bits per heavy atom. The maximum Gasteiger partial charge on any atom is 0.280 e. The Bertz CT molecular complexity index is 1980. The third-order valence-electron chi connectivity index (χ3n) is 6.50. The molecule has 5 heterocycles. The minimum absolute atomic E-state index is 0.129. The minimum Gasteiger partial charge on any atom is -0.382 e. The molecule has 0 fully saturated rings. The van der Waals surface area contributed by atoms with Crippen LogP contribution < -0.4 is 16.6 Å². The maximum atomic E-state index is 14.0. The van der Waals surface area contributed by atoms with Gasteiger partial charge in [0.05, 0.1) is 34.6 Å². The Hall–Kier alpha value is -5.56. The van der Waals surface area contributed by atoms with Crippen molar-refractivity contribution in [2.45, 2.75) is 13.0 Å². The highest BCUT2D eigenvalue weighted by Gasteiger charge is 2.23. The molecule has 0 spiro atoms. The Kier molecular flexibility index (Phi) is 5.73. The summed E-state index contributed by atoms with van der Waals surface area (Å²) in [7, 11) is 1.82. The number of pyridine rings is 1. The normalized spacial score (nSPS) is 11.8. The van der Waals surface area contributed by atoms with Crippen LogP contribution in [0.15, 0.2) is 90.4 Å². The summed E-state index contributed by atoms with van der Waals surface area (Å²) in [5, 5.41) is 11.4. The van der Waals surface area contributed by atoms with Gasteiger partial charge in [0.15, 0.2) is 5.82 Å². The first-order valence-electron chi connectivity index (χ1n) is 12.3. The van der Waals surface area contributed by atoms with E-state index in [4.69, 9.17) is 5.73 Å². The second-order valence-electron chi connectivity index (χ2n) is 9.15. The zero-order chi connectivity index (χ0) is 27.1. The van der Waals surface area contributed by atoms with Gasteiger partial charge < -0.3 is 15.5 Å². The van der Waals surface area contributed by atoms with Crippen molar-refractivity contribution in [1.82, 2.24) is 33.7 Å². The van der Waals surface area contributed by atoms with E-state index in [2.05, 4.69) is 27.4 Å². The van der Waals surface area contributed by atoms with Gasteiger partial charge in [-0.25, -0.2) is 4.52 Å². The smallest absolute Gasteiger partial charge is 0.280 e. The lowest BCUT2D eigenvalue weighted by Gasteiger charge is -2.20. The first kappa shape index (κ1) is 23.8. The largest absolute Gasteiger partial charge is 0.382 e. The number of nitrogens with two attached hydrogens (primary N) is 1. The lowest BCUT2D eigenvalue weighted by atomic mass is 10.1. The SMILES string of the molecule is C[C@H](NC(=O)c1c(N)nn2ccccc12)c1cn2ccc(C#Cc3cnn(C)c3)c2c(=O)n1-c1ccccc1. The molecule has 39 heavy (non-hydrogen) atoms. The van der Waals surface area contributed by atoms with Crippen molar-refractivity contribution < 1.29 is 4.79 Å². The molecule has 0 aliphatic carbocycles. The van der Waals surface area contributed by atoms with E-state index in [9.17, 15) is 9.59 Å². The van der Waals surface area contributed by atoms with Gasteiger partial charge in [0.1, 0.15) is 11.1 Å². The Morgan fingerprint density at radius 3 is 2.59 bits per heavy atom. The molecule has 6 rings (SSSR count). The molecule has 1 amide bonds. The fraction of sp³-hybridized carbons (Fsp3) is 0.103. The van der Waals surface area contributed by atoms with E-state index in [0.29, 0.717) is 28.0 Å². The van der Waals surface area contributed by atoms with Crippen molar-refractivity contribution >= 4 is 22.8 Å². The number of para-hydroxylation sites is 1. The number of nitrogens with zero attached hydrogens (tertiary/aromatic N) is 6. The number of hydrogen-bond acceptors (Lipinski definition) is 5. The molecule has 1 atom stereocenters. The zero-order valence-electron chi connectivity index (χ0n) is 21.2. The summed E-state index contributed by atoms with van der Waals surface area (Å²) in [6.07, 6.45) is 8.84. The number of benzene rings is 1. The molecule has 3 N–H and O–H groups in total. The molecular weight excluding hydrogens is 492 g/mol. The highest BCUT2D eigenvalue weighted by atomic mass is 16.2. The molecule has 0 unspecified atom stereocenters. The number of anilines is 1. The van der Waals surface area contributed by atoms with Crippen molar-refractivity contribution in [2.75, 3.05) is 5.73 Å². The van der Waals surface area contributed by atoms with Gasteiger partial charge in [-0.05, 0) is 37.3 Å². The van der Waals surface area contributed by atoms with Crippen molar-refractivity contribution in [1.29, 1.82) is 0 Å². The topological polar surface area (TPSA) is 117 Å². The Balaban J connectivity index is 1.45. The summed E-state index contributed by atoms with van der Waals surface area (Å²) < 4.78 is 6.59. The molecule has 1 aromatic carbocycles. The van der Waals surface area contributed by atoms with Crippen molar-refractivity contribution in [2.24, 2.45) is 7.05 Å². The molecule has 192 valence electrons. The van der Waals surface area contributed by atoms with Gasteiger partial charge in [-0.2, -0.15) is 5.10 Å². The van der Waals surface area contributed by atoms with E-state index in [-0.39, 0.29) is 22.8 Å². The first-order chi connectivity index (χ1) is 18.9. The van der Waals surface area contributed by atoms with E-state index in [1.54, 1.807) is 42.8 Å². The molecule has 0 aliphatic rings. The summed E-state index contributed by atoms with van der Waals surface area (Å²) in [6, 6.07) is 16.0. The summed E-state index contributed by atoms with van der Waals surface area (Å²) >= 11 is 0. The molecule has 0 saturated carbocycles. The van der Waals surface area contributed by atoms with Gasteiger partial charge >= 0.3 is 0 Å². The summed E-state index contributed by atoms with van der Waals surface area (Å²) in [5.74, 6) is 5.93. The quantitative estimate of drug-likeness (QED) is 0.350. The molecule has 0 aliphatic heterocycles. The summed E-state index contributed by atoms with van der Waals surface area (Å²) in [6.45, 7) is 1.83. The van der Waals surface area contributed by atoms with Gasteiger partial charge in [-0.1, -0.05) is 36.1 Å². The maximum absolute atomic E-state index is 14.0. The van der Waals surface area contributed by atoms with E-state index < -0.39 is 6.04 Å². The van der Waals surface area contributed by atoms with Crippen LogP contribution >= 0.6 is 0 Å². The molecule has 5 aromatic heterocycles. The van der Waals surface area contributed by atoms with E-state index in [1.807, 2.05) is 74.9 Å². The van der Waals surface area contributed by atoms with Crippen molar-refractivity contribution in [3.63, 3.8) is 0 Å². The average molecular weight is 517 g/mol. The highest BCUT2D eigenvalue weighted by Crippen LogP contribution is 2.22. The number of hydrogen-bond donors (Lipinski definition) is 2. The molecular formula is C29H24N8O2. The third kappa shape index (κ3) is 4.22. The number of nitrogen functional groups attached to an aromatic ring is 1. The van der Waals surface area contributed by atoms with Gasteiger partial charge in [0.2, 0.25) is 0 Å². The predicted octanol–water partition coefficient (Wildman–Crippen LogP) is 2.94. The van der Waals surface area contributed by atoms with Gasteiger partial charge in [-0.15, -0.1) is 5.10 Å². The molecule has 10 heteroatoms. The molecule has 0 radical (unpaired) electrons. The monoisotopic (exact) mass is 516 g/mol. The zero-order valence-corrected chi connectivity index (χ0v) is 21.2. The van der Waals surface area contributed by atoms with Crippen LogP contribution in [-0.2, 0) is 7.05 Å². The van der Waals surface area contributed by atoms with Crippen LogP contribution in [0.2, 0.25) is 0 Å². The molecule has 10 nitrogen and oxygen atoms in total.